The van der Waals surface area contributed by atoms with Gasteiger partial charge in [0.15, 0.2) is 4.80 Å². The van der Waals surface area contributed by atoms with Crippen LogP contribution in [-0.2, 0) is 11.3 Å². The number of ether oxygens (including phenoxy) is 3. The van der Waals surface area contributed by atoms with Crippen molar-refractivity contribution in [3.63, 3.8) is 0 Å². The largest absolute Gasteiger partial charge is 0.495 e. The second kappa shape index (κ2) is 8.15. The van der Waals surface area contributed by atoms with E-state index in [1.54, 1.807) is 14.2 Å². The Hall–Kier alpha value is -2.65. The molecular formula is C17H19N3O5S. The Morgan fingerprint density at radius 1 is 1.27 bits per heavy atom. The van der Waals surface area contributed by atoms with E-state index in [-0.39, 0.29) is 5.76 Å². The van der Waals surface area contributed by atoms with Gasteiger partial charge in [-0.3, -0.25) is 4.79 Å². The molecule has 0 radical (unpaired) electrons. The summed E-state index contributed by atoms with van der Waals surface area (Å²) < 4.78 is 24.1. The molecule has 0 N–H and O–H groups in total. The lowest BCUT2D eigenvalue weighted by Crippen LogP contribution is -2.20. The molecule has 0 saturated carbocycles. The van der Waals surface area contributed by atoms with Crippen LogP contribution >= 0.6 is 11.3 Å². The SMILES string of the molecule is CCOCCn1c(=NC(=O)c2ccno2)sc2c(OC)ccc(OC)c21. The number of nitrogens with zero attached hydrogens (tertiary/aromatic N) is 3. The molecular weight excluding hydrogens is 358 g/mol. The van der Waals surface area contributed by atoms with Gasteiger partial charge >= 0.3 is 5.91 Å². The highest BCUT2D eigenvalue weighted by atomic mass is 32.1. The number of aromatic nitrogens is 2. The number of benzene rings is 1. The van der Waals surface area contributed by atoms with Crippen molar-refractivity contribution in [3.8, 4) is 11.5 Å². The minimum Gasteiger partial charge on any atom is -0.495 e. The van der Waals surface area contributed by atoms with Gasteiger partial charge in [-0.25, -0.2) is 0 Å². The summed E-state index contributed by atoms with van der Waals surface area (Å²) in [6.07, 6.45) is 1.41. The van der Waals surface area contributed by atoms with Gasteiger partial charge in [-0.15, -0.1) is 0 Å². The first-order valence-corrected chi connectivity index (χ1v) is 8.83. The summed E-state index contributed by atoms with van der Waals surface area (Å²) in [6, 6.07) is 5.13. The summed E-state index contributed by atoms with van der Waals surface area (Å²) in [7, 11) is 3.20. The number of rotatable bonds is 7. The van der Waals surface area contributed by atoms with E-state index in [1.807, 2.05) is 23.6 Å². The lowest BCUT2D eigenvalue weighted by molar-refractivity contribution is 0.0961. The summed E-state index contributed by atoms with van der Waals surface area (Å²) in [5, 5.41) is 3.55. The first-order valence-electron chi connectivity index (χ1n) is 8.01. The van der Waals surface area contributed by atoms with Crippen LogP contribution in [0.5, 0.6) is 11.5 Å². The molecule has 0 aliphatic rings. The Morgan fingerprint density at radius 3 is 2.69 bits per heavy atom. The summed E-state index contributed by atoms with van der Waals surface area (Å²) in [6.45, 7) is 3.53. The van der Waals surface area contributed by atoms with Crippen molar-refractivity contribution in [1.82, 2.24) is 9.72 Å². The lowest BCUT2D eigenvalue weighted by Gasteiger charge is -2.10. The third kappa shape index (κ3) is 3.49. The maximum atomic E-state index is 12.3. The van der Waals surface area contributed by atoms with E-state index in [4.69, 9.17) is 18.7 Å². The van der Waals surface area contributed by atoms with Crippen LogP contribution in [0.3, 0.4) is 0 Å². The van der Waals surface area contributed by atoms with Gasteiger partial charge in [-0.1, -0.05) is 16.5 Å². The Kier molecular flexibility index (Phi) is 5.69. The Labute approximate surface area is 153 Å². The molecule has 26 heavy (non-hydrogen) atoms. The van der Waals surface area contributed by atoms with Crippen molar-refractivity contribution in [2.75, 3.05) is 27.4 Å². The first-order chi connectivity index (χ1) is 12.7. The number of methoxy groups -OCH3 is 2. The van der Waals surface area contributed by atoms with E-state index in [2.05, 4.69) is 10.1 Å². The molecule has 0 atom stereocenters. The zero-order valence-corrected chi connectivity index (χ0v) is 15.5. The van der Waals surface area contributed by atoms with Crippen LogP contribution in [0.15, 0.2) is 33.9 Å². The van der Waals surface area contributed by atoms with Crippen LogP contribution in [0.1, 0.15) is 17.5 Å². The molecule has 1 amide bonds. The molecule has 0 spiro atoms. The number of hydrogen-bond donors (Lipinski definition) is 0. The fourth-order valence-corrected chi connectivity index (χ4v) is 3.68. The van der Waals surface area contributed by atoms with Crippen molar-refractivity contribution in [1.29, 1.82) is 0 Å². The number of carbonyl (C=O) groups excluding carboxylic acids is 1. The molecule has 1 aromatic carbocycles. The summed E-state index contributed by atoms with van der Waals surface area (Å²) in [5.74, 6) is 0.932. The number of thiazole rings is 1. The van der Waals surface area contributed by atoms with E-state index in [9.17, 15) is 4.79 Å². The zero-order valence-electron chi connectivity index (χ0n) is 14.7. The average molecular weight is 377 g/mol. The molecule has 0 aliphatic carbocycles. The quantitative estimate of drug-likeness (QED) is 0.588. The predicted molar refractivity (Wildman–Crippen MR) is 95.8 cm³/mol. The normalized spacial score (nSPS) is 11.9. The third-order valence-corrected chi connectivity index (χ3v) is 4.79. The highest BCUT2D eigenvalue weighted by Gasteiger charge is 2.17. The minimum absolute atomic E-state index is 0.0812. The predicted octanol–water partition coefficient (Wildman–Crippen LogP) is 2.49. The fraction of sp³-hybridized carbons (Fsp3) is 0.353. The molecule has 9 heteroatoms. The Balaban J connectivity index is 2.20. The third-order valence-electron chi connectivity index (χ3n) is 3.70. The van der Waals surface area contributed by atoms with E-state index >= 15 is 0 Å². The van der Waals surface area contributed by atoms with Crippen molar-refractivity contribution in [2.45, 2.75) is 13.5 Å². The van der Waals surface area contributed by atoms with Crippen molar-refractivity contribution >= 4 is 27.5 Å². The van der Waals surface area contributed by atoms with Gasteiger partial charge < -0.3 is 23.3 Å². The molecule has 0 fully saturated rings. The Morgan fingerprint density at radius 2 is 2.04 bits per heavy atom. The fourth-order valence-electron chi connectivity index (χ4n) is 2.52. The van der Waals surface area contributed by atoms with E-state index in [0.717, 1.165) is 10.2 Å². The van der Waals surface area contributed by atoms with Crippen molar-refractivity contribution in [3.05, 3.63) is 35.0 Å². The Bertz CT molecular complexity index is 959. The maximum Gasteiger partial charge on any atom is 0.318 e. The van der Waals surface area contributed by atoms with Gasteiger partial charge in [0.2, 0.25) is 5.76 Å². The maximum absolute atomic E-state index is 12.3. The topological polar surface area (TPSA) is 88.1 Å². The summed E-state index contributed by atoms with van der Waals surface area (Å²) in [5.41, 5.74) is 0.806. The molecule has 0 unspecified atom stereocenters. The second-order valence-electron chi connectivity index (χ2n) is 5.17. The minimum atomic E-state index is -0.503. The van der Waals surface area contributed by atoms with Gasteiger partial charge in [-0.05, 0) is 19.1 Å². The number of fused-ring (bicyclic) bond motifs is 1. The van der Waals surface area contributed by atoms with Crippen LogP contribution in [0.25, 0.3) is 10.2 Å². The number of hydrogen-bond acceptors (Lipinski definition) is 7. The average Bonchev–Trinajstić information content (AvgIpc) is 3.30. The molecule has 3 rings (SSSR count). The molecule has 2 aromatic heterocycles. The van der Waals surface area contributed by atoms with Gasteiger partial charge in [0, 0.05) is 19.2 Å². The van der Waals surface area contributed by atoms with Crippen molar-refractivity contribution in [2.24, 2.45) is 4.99 Å². The molecule has 8 nitrogen and oxygen atoms in total. The molecule has 138 valence electrons. The monoisotopic (exact) mass is 377 g/mol. The number of carbonyl (C=O) groups is 1. The van der Waals surface area contributed by atoms with E-state index in [0.29, 0.717) is 36.1 Å². The van der Waals surface area contributed by atoms with Crippen molar-refractivity contribution < 1.29 is 23.5 Å². The van der Waals surface area contributed by atoms with Gasteiger partial charge in [0.1, 0.15) is 21.7 Å². The van der Waals surface area contributed by atoms with Crippen LogP contribution in [0.2, 0.25) is 0 Å². The number of amides is 1. The van der Waals surface area contributed by atoms with Gasteiger partial charge in [-0.2, -0.15) is 4.99 Å². The van der Waals surface area contributed by atoms with Crippen LogP contribution in [0, 0.1) is 0 Å². The van der Waals surface area contributed by atoms with Gasteiger partial charge in [0.25, 0.3) is 0 Å². The molecule has 0 bridgehead atoms. The molecule has 0 aliphatic heterocycles. The molecule has 2 heterocycles. The van der Waals surface area contributed by atoms with Crippen LogP contribution < -0.4 is 14.3 Å². The van der Waals surface area contributed by atoms with E-state index in [1.165, 1.54) is 23.6 Å². The highest BCUT2D eigenvalue weighted by molar-refractivity contribution is 7.16. The summed E-state index contributed by atoms with van der Waals surface area (Å²) >= 11 is 1.34. The smallest absolute Gasteiger partial charge is 0.318 e. The van der Waals surface area contributed by atoms with E-state index < -0.39 is 5.91 Å². The van der Waals surface area contributed by atoms with Gasteiger partial charge in [0.05, 0.1) is 27.0 Å². The molecule has 3 aromatic rings. The highest BCUT2D eigenvalue weighted by Crippen LogP contribution is 2.35. The molecule has 0 saturated heterocycles. The lowest BCUT2D eigenvalue weighted by atomic mass is 10.3. The second-order valence-corrected chi connectivity index (χ2v) is 6.15. The first kappa shape index (κ1) is 18.2. The summed E-state index contributed by atoms with van der Waals surface area (Å²) in [4.78, 5) is 17.1. The standard InChI is InChI=1S/C17H19N3O5S/c1-4-24-10-9-20-14-11(22-2)5-6-12(23-3)15(14)26-17(20)19-16(21)13-7-8-18-25-13/h5-8H,4,9-10H2,1-3H3. The zero-order chi connectivity index (χ0) is 18.5. The van der Waals surface area contributed by atoms with Crippen LogP contribution in [0.4, 0.5) is 0 Å². The van der Waals surface area contributed by atoms with Crippen LogP contribution in [-0.4, -0.2) is 43.1 Å².